The van der Waals surface area contributed by atoms with Crippen LogP contribution in [0.5, 0.6) is 0 Å². The zero-order valence-electron chi connectivity index (χ0n) is 15.8. The lowest BCUT2D eigenvalue weighted by Crippen LogP contribution is -2.32. The summed E-state index contributed by atoms with van der Waals surface area (Å²) < 4.78 is 15.4. The van der Waals surface area contributed by atoms with Gasteiger partial charge in [0.25, 0.3) is 5.91 Å². The number of anilines is 1. The maximum Gasteiger partial charge on any atom is 0.341 e. The molecule has 0 aliphatic rings. The lowest BCUT2D eigenvalue weighted by Gasteiger charge is -2.15. The summed E-state index contributed by atoms with van der Waals surface area (Å²) >= 11 is 1.17. The second-order valence-electron chi connectivity index (χ2n) is 5.92. The highest BCUT2D eigenvalue weighted by Gasteiger charge is 2.24. The van der Waals surface area contributed by atoms with Crippen LogP contribution >= 0.6 is 11.3 Å². The number of nitrogens with one attached hydrogen (secondary N) is 1. The quantitative estimate of drug-likeness (QED) is 0.555. The molecule has 1 atom stereocenters. The van der Waals surface area contributed by atoms with Gasteiger partial charge in [-0.15, -0.1) is 11.3 Å². The molecule has 0 aliphatic heterocycles. The Labute approximate surface area is 170 Å². The van der Waals surface area contributed by atoms with Crippen LogP contribution in [0.4, 0.5) is 5.13 Å². The number of carbonyl (C=O) groups is 3. The van der Waals surface area contributed by atoms with Gasteiger partial charge in [0.2, 0.25) is 0 Å². The van der Waals surface area contributed by atoms with Crippen LogP contribution in [0.2, 0.25) is 0 Å². The van der Waals surface area contributed by atoms with Crippen molar-refractivity contribution < 1.29 is 28.3 Å². The number of hydrogen-bond donors (Lipinski definition) is 1. The minimum atomic E-state index is -1.01. The summed E-state index contributed by atoms with van der Waals surface area (Å²) in [5.41, 5.74) is 1.53. The molecule has 1 N–H and O–H groups in total. The van der Waals surface area contributed by atoms with Crippen LogP contribution in [-0.4, -0.2) is 40.5 Å². The van der Waals surface area contributed by atoms with Gasteiger partial charge in [0.05, 0.1) is 24.3 Å². The van der Waals surface area contributed by atoms with E-state index in [1.54, 1.807) is 37.4 Å². The molecular formula is C19H19N3O6S. The van der Waals surface area contributed by atoms with E-state index >= 15 is 0 Å². The van der Waals surface area contributed by atoms with Gasteiger partial charge in [-0.05, 0) is 25.5 Å². The summed E-state index contributed by atoms with van der Waals surface area (Å²) in [6, 6.07) is 4.88. The van der Waals surface area contributed by atoms with Gasteiger partial charge in [-0.2, -0.15) is 0 Å². The monoisotopic (exact) mass is 417 g/mol. The van der Waals surface area contributed by atoms with E-state index in [0.29, 0.717) is 21.9 Å². The fourth-order valence-electron chi connectivity index (χ4n) is 2.56. The maximum absolute atomic E-state index is 12.5. The highest BCUT2D eigenvalue weighted by atomic mass is 32.1. The first-order valence-electron chi connectivity index (χ1n) is 8.95. The van der Waals surface area contributed by atoms with Gasteiger partial charge in [-0.25, -0.2) is 14.8 Å². The van der Waals surface area contributed by atoms with Crippen molar-refractivity contribution >= 4 is 45.4 Å². The first kappa shape index (κ1) is 20.5. The Morgan fingerprint density at radius 3 is 2.86 bits per heavy atom. The van der Waals surface area contributed by atoms with Crippen molar-refractivity contribution in [3.63, 3.8) is 0 Å². The Morgan fingerprint density at radius 1 is 1.28 bits per heavy atom. The average molecular weight is 417 g/mol. The Bertz CT molecular complexity index is 1030. The van der Waals surface area contributed by atoms with Gasteiger partial charge in [0.1, 0.15) is 5.52 Å². The third kappa shape index (κ3) is 4.96. The molecule has 0 saturated carbocycles. The summed E-state index contributed by atoms with van der Waals surface area (Å²) in [7, 11) is 0. The topological polar surface area (TPSA) is 121 Å². The smallest absolute Gasteiger partial charge is 0.341 e. The molecule has 2 aromatic heterocycles. The fourth-order valence-corrected chi connectivity index (χ4v) is 3.27. The third-order valence-corrected chi connectivity index (χ3v) is 4.71. The Morgan fingerprint density at radius 2 is 2.10 bits per heavy atom. The van der Waals surface area contributed by atoms with E-state index in [9.17, 15) is 14.4 Å². The minimum absolute atomic E-state index is 0.0219. The molecule has 152 valence electrons. The molecule has 3 aromatic rings. The Balaban J connectivity index is 1.63. The van der Waals surface area contributed by atoms with Gasteiger partial charge in [0, 0.05) is 5.38 Å². The van der Waals surface area contributed by atoms with Crippen molar-refractivity contribution in [3.8, 4) is 0 Å². The van der Waals surface area contributed by atoms with Gasteiger partial charge < -0.3 is 13.9 Å². The summed E-state index contributed by atoms with van der Waals surface area (Å²) in [6.45, 7) is 3.74. The molecule has 0 spiro atoms. The number of aromatic nitrogens is 2. The van der Waals surface area contributed by atoms with E-state index in [2.05, 4.69) is 15.3 Å². The molecule has 3 rings (SSSR count). The van der Waals surface area contributed by atoms with Gasteiger partial charge in [-0.1, -0.05) is 13.0 Å². The second kappa shape index (κ2) is 9.28. The van der Waals surface area contributed by atoms with Gasteiger partial charge in [-0.3, -0.25) is 14.9 Å². The van der Waals surface area contributed by atoms with Crippen molar-refractivity contribution in [2.45, 2.75) is 32.8 Å². The Hall–Kier alpha value is -3.27. The number of benzene rings is 1. The molecule has 0 fully saturated rings. The number of oxazole rings is 1. The molecule has 2 heterocycles. The molecule has 0 bridgehead atoms. The zero-order valence-corrected chi connectivity index (χ0v) is 16.7. The van der Waals surface area contributed by atoms with Crippen LogP contribution < -0.4 is 5.32 Å². The summed E-state index contributed by atoms with van der Waals surface area (Å²) in [5, 5.41) is 4.58. The Kier molecular flexibility index (Phi) is 6.55. The highest BCUT2D eigenvalue weighted by Crippen LogP contribution is 2.20. The van der Waals surface area contributed by atoms with Crippen LogP contribution in [-0.2, 0) is 25.5 Å². The fraction of sp³-hybridized carbons (Fsp3) is 0.316. The molecule has 1 aromatic carbocycles. The molecule has 0 saturated heterocycles. The van der Waals surface area contributed by atoms with Crippen molar-refractivity contribution in [1.29, 1.82) is 0 Å². The van der Waals surface area contributed by atoms with Crippen LogP contribution in [0.15, 0.2) is 34.4 Å². The lowest BCUT2D eigenvalue weighted by molar-refractivity contribution is -0.142. The van der Waals surface area contributed by atoms with Crippen LogP contribution in [0.25, 0.3) is 11.1 Å². The van der Waals surface area contributed by atoms with E-state index in [1.807, 2.05) is 0 Å². The van der Waals surface area contributed by atoms with Crippen molar-refractivity contribution in [2.24, 2.45) is 0 Å². The number of ether oxygens (including phenoxy) is 2. The highest BCUT2D eigenvalue weighted by molar-refractivity contribution is 7.13. The van der Waals surface area contributed by atoms with E-state index in [0.717, 1.165) is 0 Å². The first-order chi connectivity index (χ1) is 14.0. The summed E-state index contributed by atoms with van der Waals surface area (Å²) in [5.74, 6) is -1.57. The second-order valence-corrected chi connectivity index (χ2v) is 6.78. The van der Waals surface area contributed by atoms with Crippen molar-refractivity contribution in [1.82, 2.24) is 9.97 Å². The van der Waals surface area contributed by atoms with E-state index in [1.165, 1.54) is 17.7 Å². The van der Waals surface area contributed by atoms with Crippen molar-refractivity contribution in [3.05, 3.63) is 41.2 Å². The number of thiazole rings is 1. The molecule has 1 unspecified atom stereocenters. The van der Waals surface area contributed by atoms with E-state index in [4.69, 9.17) is 13.9 Å². The average Bonchev–Trinajstić information content (AvgIpc) is 3.34. The van der Waals surface area contributed by atoms with Crippen LogP contribution in [0, 0.1) is 0 Å². The largest absolute Gasteiger partial charge is 0.466 e. The maximum atomic E-state index is 12.5. The zero-order chi connectivity index (χ0) is 20.8. The number of carbonyl (C=O) groups excluding carboxylic acids is 3. The molecule has 29 heavy (non-hydrogen) atoms. The number of para-hydroxylation sites is 1. The first-order valence-corrected chi connectivity index (χ1v) is 9.83. The van der Waals surface area contributed by atoms with Crippen LogP contribution in [0.1, 0.15) is 36.3 Å². The lowest BCUT2D eigenvalue weighted by atomic mass is 10.2. The summed E-state index contributed by atoms with van der Waals surface area (Å²) in [6.07, 6.45) is 0.519. The number of nitrogens with zero attached hydrogens (tertiary/aromatic N) is 2. The normalized spacial score (nSPS) is 11.8. The van der Waals surface area contributed by atoms with E-state index in [-0.39, 0.29) is 25.0 Å². The molecule has 10 heteroatoms. The molecule has 0 aliphatic carbocycles. The van der Waals surface area contributed by atoms with Crippen molar-refractivity contribution in [2.75, 3.05) is 11.9 Å². The number of esters is 2. The van der Waals surface area contributed by atoms with E-state index < -0.39 is 23.9 Å². The number of rotatable bonds is 8. The number of fused-ring (bicyclic) bond motifs is 1. The van der Waals surface area contributed by atoms with Gasteiger partial charge >= 0.3 is 11.9 Å². The number of hydrogen-bond acceptors (Lipinski definition) is 9. The third-order valence-electron chi connectivity index (χ3n) is 3.91. The van der Waals surface area contributed by atoms with Crippen LogP contribution in [0.3, 0.4) is 0 Å². The summed E-state index contributed by atoms with van der Waals surface area (Å²) in [4.78, 5) is 44.7. The minimum Gasteiger partial charge on any atom is -0.466 e. The standard InChI is InChI=1S/C19H19N3O6S/c1-3-13(28-18(25)12-6-5-7-14-16(12)20-10-27-14)17(24)22-19-21-11(9-29-19)8-15(23)26-4-2/h5-7,9-10,13H,3-4,8H2,1-2H3,(H,21,22,24). The molecule has 0 radical (unpaired) electrons. The number of amides is 1. The van der Waals surface area contributed by atoms with Gasteiger partial charge in [0.15, 0.2) is 23.2 Å². The molecule has 9 nitrogen and oxygen atoms in total. The predicted octanol–water partition coefficient (Wildman–Crippen LogP) is 2.96. The molecular weight excluding hydrogens is 398 g/mol. The molecule has 1 amide bonds. The predicted molar refractivity (Wildman–Crippen MR) is 105 cm³/mol. The SMILES string of the molecule is CCOC(=O)Cc1csc(NC(=O)C(CC)OC(=O)c2cccc3ocnc23)n1.